The molecular weight excluding hydrogens is 170 g/mol. The van der Waals surface area contributed by atoms with Gasteiger partial charge >= 0.3 is 5.89 Å². The minimum atomic E-state index is 1.01. The summed E-state index contributed by atoms with van der Waals surface area (Å²) in [7, 11) is 0. The van der Waals surface area contributed by atoms with E-state index in [9.17, 15) is 0 Å². The molecule has 0 amide bonds. The molecule has 0 fully saturated rings. The summed E-state index contributed by atoms with van der Waals surface area (Å²) in [5, 5.41) is 0. The van der Waals surface area contributed by atoms with Gasteiger partial charge in [0.05, 0.1) is 0 Å². The molecule has 0 aliphatic carbocycles. The number of para-hydroxylation sites is 2. The normalized spacial score (nSPS) is 15.3. The summed E-state index contributed by atoms with van der Waals surface area (Å²) in [6.45, 7) is 0. The van der Waals surface area contributed by atoms with E-state index in [4.69, 9.17) is 4.42 Å². The van der Waals surface area contributed by atoms with Crippen molar-refractivity contribution in [2.45, 2.75) is 11.6 Å². The van der Waals surface area contributed by atoms with Crippen molar-refractivity contribution in [2.75, 3.05) is 0 Å². The van der Waals surface area contributed by atoms with E-state index in [2.05, 4.69) is 10.6 Å². The molecule has 2 aromatic rings. The first-order valence-electron chi connectivity index (χ1n) is 3.93. The topological polar surface area (TPSA) is 17.0 Å². The Labute approximate surface area is 74.2 Å². The second kappa shape index (κ2) is 2.26. The molecule has 0 spiro atoms. The molecule has 3 rings (SSSR count). The smallest absolute Gasteiger partial charge is 0.359 e. The van der Waals surface area contributed by atoms with Crippen molar-refractivity contribution in [1.82, 2.24) is 0 Å². The van der Waals surface area contributed by atoms with Crippen LogP contribution >= 0.6 is 11.8 Å². The minimum absolute atomic E-state index is 1.01. The SMILES string of the molecule is c1ccc2c(c1)oc1[n+]2CSC1. The summed E-state index contributed by atoms with van der Waals surface area (Å²) >= 11 is 1.89. The van der Waals surface area contributed by atoms with Crippen LogP contribution in [0, 0.1) is 0 Å². The maximum absolute atomic E-state index is 5.65. The van der Waals surface area contributed by atoms with Crippen LogP contribution in [-0.4, -0.2) is 0 Å². The second-order valence-corrected chi connectivity index (χ2v) is 3.82. The Kier molecular flexibility index (Phi) is 1.23. The van der Waals surface area contributed by atoms with E-state index in [1.54, 1.807) is 0 Å². The first-order chi connectivity index (χ1) is 5.95. The van der Waals surface area contributed by atoms with E-state index in [0.29, 0.717) is 0 Å². The molecule has 0 unspecified atom stereocenters. The lowest BCUT2D eigenvalue weighted by Gasteiger charge is -1.82. The van der Waals surface area contributed by atoms with Crippen molar-refractivity contribution < 1.29 is 8.98 Å². The van der Waals surface area contributed by atoms with Crippen LogP contribution in [0.25, 0.3) is 11.1 Å². The lowest BCUT2D eigenvalue weighted by molar-refractivity contribution is -0.656. The van der Waals surface area contributed by atoms with E-state index in [0.717, 1.165) is 23.1 Å². The number of hydrogen-bond acceptors (Lipinski definition) is 2. The van der Waals surface area contributed by atoms with E-state index in [-0.39, 0.29) is 0 Å². The number of oxazole rings is 1. The van der Waals surface area contributed by atoms with Crippen LogP contribution in [0.4, 0.5) is 0 Å². The first kappa shape index (κ1) is 6.54. The Hall–Kier alpha value is -0.960. The van der Waals surface area contributed by atoms with Crippen molar-refractivity contribution in [2.24, 2.45) is 0 Å². The van der Waals surface area contributed by atoms with Crippen molar-refractivity contribution in [1.29, 1.82) is 0 Å². The molecule has 0 atom stereocenters. The molecule has 60 valence electrons. The fourth-order valence-electron chi connectivity index (χ4n) is 1.56. The zero-order chi connectivity index (χ0) is 7.97. The van der Waals surface area contributed by atoms with Crippen molar-refractivity contribution in [3.05, 3.63) is 30.2 Å². The van der Waals surface area contributed by atoms with Gasteiger partial charge < -0.3 is 4.42 Å². The van der Waals surface area contributed by atoms with Crippen LogP contribution in [0.2, 0.25) is 0 Å². The monoisotopic (exact) mass is 178 g/mol. The highest BCUT2D eigenvalue weighted by atomic mass is 32.2. The fraction of sp³-hybridized carbons (Fsp3) is 0.222. The Morgan fingerprint density at radius 1 is 1.33 bits per heavy atom. The molecular formula is C9H8NOS+. The highest BCUT2D eigenvalue weighted by Crippen LogP contribution is 2.23. The molecule has 1 aromatic carbocycles. The molecule has 0 saturated heterocycles. The van der Waals surface area contributed by atoms with Gasteiger partial charge in [0.1, 0.15) is 5.75 Å². The van der Waals surface area contributed by atoms with Gasteiger partial charge in [0.25, 0.3) is 5.52 Å². The van der Waals surface area contributed by atoms with Gasteiger partial charge in [0.2, 0.25) is 5.58 Å². The summed E-state index contributed by atoms with van der Waals surface area (Å²) in [6.07, 6.45) is 0. The second-order valence-electron chi connectivity index (χ2n) is 2.87. The van der Waals surface area contributed by atoms with E-state index in [1.807, 2.05) is 30.0 Å². The average Bonchev–Trinajstić information content (AvgIpc) is 2.62. The standard InChI is InChI=1S/C9H8NOS/c1-2-4-8-7(3-1)10-6-12-5-9(10)11-8/h1-4H,5-6H2/q+1. The third-order valence-corrected chi connectivity index (χ3v) is 3.02. The van der Waals surface area contributed by atoms with E-state index in [1.165, 1.54) is 5.52 Å². The first-order valence-corrected chi connectivity index (χ1v) is 5.08. The zero-order valence-corrected chi connectivity index (χ0v) is 7.30. The Bertz CT molecular complexity index is 435. The van der Waals surface area contributed by atoms with E-state index >= 15 is 0 Å². The van der Waals surface area contributed by atoms with Gasteiger partial charge in [0.15, 0.2) is 5.88 Å². The average molecular weight is 178 g/mol. The van der Waals surface area contributed by atoms with Gasteiger partial charge in [-0.1, -0.05) is 23.9 Å². The summed E-state index contributed by atoms with van der Waals surface area (Å²) < 4.78 is 7.89. The van der Waals surface area contributed by atoms with Crippen LogP contribution in [0.5, 0.6) is 0 Å². The van der Waals surface area contributed by atoms with Crippen LogP contribution in [0.3, 0.4) is 0 Å². The molecule has 2 heterocycles. The fourth-order valence-corrected chi connectivity index (χ4v) is 2.50. The molecule has 2 nitrogen and oxygen atoms in total. The van der Waals surface area contributed by atoms with Gasteiger partial charge in [-0.25, -0.2) is 0 Å². The number of benzene rings is 1. The minimum Gasteiger partial charge on any atom is -0.401 e. The Morgan fingerprint density at radius 2 is 2.25 bits per heavy atom. The Balaban J connectivity index is 2.44. The van der Waals surface area contributed by atoms with Gasteiger partial charge in [-0.3, -0.25) is 0 Å². The highest BCUT2D eigenvalue weighted by molar-refractivity contribution is 7.97. The number of hydrogen-bond donors (Lipinski definition) is 0. The number of aromatic nitrogens is 1. The molecule has 0 saturated carbocycles. The zero-order valence-electron chi connectivity index (χ0n) is 6.49. The number of fused-ring (bicyclic) bond motifs is 3. The van der Waals surface area contributed by atoms with Crippen LogP contribution in [0.1, 0.15) is 5.89 Å². The summed E-state index contributed by atoms with van der Waals surface area (Å²) in [6, 6.07) is 8.18. The largest absolute Gasteiger partial charge is 0.401 e. The molecule has 12 heavy (non-hydrogen) atoms. The molecule has 0 bridgehead atoms. The van der Waals surface area contributed by atoms with Crippen molar-refractivity contribution in [3.63, 3.8) is 0 Å². The van der Waals surface area contributed by atoms with Crippen molar-refractivity contribution >= 4 is 22.9 Å². The molecule has 0 N–H and O–H groups in total. The molecule has 1 aliphatic heterocycles. The summed E-state index contributed by atoms with van der Waals surface area (Å²) in [4.78, 5) is 0. The highest BCUT2D eigenvalue weighted by Gasteiger charge is 2.27. The maximum Gasteiger partial charge on any atom is 0.359 e. The third kappa shape index (κ3) is 0.743. The number of thioether (sulfide) groups is 1. The van der Waals surface area contributed by atoms with Gasteiger partial charge in [-0.2, -0.15) is 4.57 Å². The predicted molar refractivity (Wildman–Crippen MR) is 47.7 cm³/mol. The van der Waals surface area contributed by atoms with Crippen LogP contribution in [-0.2, 0) is 11.6 Å². The van der Waals surface area contributed by atoms with Crippen LogP contribution in [0.15, 0.2) is 28.7 Å². The molecule has 3 heteroatoms. The summed E-state index contributed by atoms with van der Waals surface area (Å²) in [5.41, 5.74) is 2.23. The Morgan fingerprint density at radius 3 is 3.25 bits per heavy atom. The molecule has 0 radical (unpaired) electrons. The number of rotatable bonds is 0. The number of nitrogens with zero attached hydrogens (tertiary/aromatic N) is 1. The lowest BCUT2D eigenvalue weighted by atomic mass is 10.3. The van der Waals surface area contributed by atoms with Crippen molar-refractivity contribution in [3.8, 4) is 0 Å². The molecule has 1 aliphatic rings. The predicted octanol–water partition coefficient (Wildman–Crippen LogP) is 1.92. The van der Waals surface area contributed by atoms with Gasteiger partial charge in [-0.15, -0.1) is 0 Å². The lowest BCUT2D eigenvalue weighted by Crippen LogP contribution is -2.29. The van der Waals surface area contributed by atoms with Gasteiger partial charge in [0, 0.05) is 6.07 Å². The summed E-state index contributed by atoms with van der Waals surface area (Å²) in [5.74, 6) is 3.14. The van der Waals surface area contributed by atoms with E-state index < -0.39 is 0 Å². The maximum atomic E-state index is 5.65. The van der Waals surface area contributed by atoms with Crippen LogP contribution < -0.4 is 4.57 Å². The van der Waals surface area contributed by atoms with Gasteiger partial charge in [-0.05, 0) is 6.07 Å². The molecule has 1 aromatic heterocycles. The quantitative estimate of drug-likeness (QED) is 0.573. The third-order valence-electron chi connectivity index (χ3n) is 2.13.